The van der Waals surface area contributed by atoms with Gasteiger partial charge in [0.25, 0.3) is 5.91 Å². The topological polar surface area (TPSA) is 129 Å². The van der Waals surface area contributed by atoms with Gasteiger partial charge in [-0.2, -0.15) is 0 Å². The molecule has 7 atom stereocenters. The van der Waals surface area contributed by atoms with Crippen LogP contribution in [0.4, 0.5) is 11.4 Å². The molecule has 6 unspecified atom stereocenters. The molecule has 3 aromatic carbocycles. The number of fused-ring (bicyclic) bond motifs is 9. The molecule has 3 N–H and O–H groups in total. The highest BCUT2D eigenvalue weighted by Crippen LogP contribution is 2.69. The molecule has 4 aliphatic rings. The number of nitrogens with one attached hydrogen (secondary N) is 2. The number of thiazole rings is 1. The zero-order valence-corrected chi connectivity index (χ0v) is 25.9. The molecule has 3 amide bonds. The van der Waals surface area contributed by atoms with Crippen molar-refractivity contribution in [1.82, 2.24) is 4.98 Å². The van der Waals surface area contributed by atoms with Gasteiger partial charge in [0.2, 0.25) is 11.8 Å². The van der Waals surface area contributed by atoms with Crippen molar-refractivity contribution in [2.45, 2.75) is 22.6 Å². The maximum atomic E-state index is 14.0. The molecule has 1 aromatic heterocycles. The number of thioether (sulfide) groups is 1. The van der Waals surface area contributed by atoms with Gasteiger partial charge in [-0.25, -0.2) is 0 Å². The van der Waals surface area contributed by atoms with Crippen molar-refractivity contribution in [1.29, 1.82) is 0 Å². The van der Waals surface area contributed by atoms with Gasteiger partial charge in [-0.1, -0.05) is 41.1 Å². The van der Waals surface area contributed by atoms with Crippen molar-refractivity contribution in [3.63, 3.8) is 0 Å². The molecule has 1 saturated heterocycles. The van der Waals surface area contributed by atoms with E-state index in [0.717, 1.165) is 33.2 Å². The lowest BCUT2D eigenvalue weighted by Gasteiger charge is -2.43. The molecule has 3 fully saturated rings. The Kier molecular flexibility index (Phi) is 6.81. The molecule has 9 nitrogen and oxygen atoms in total. The third-order valence-corrected chi connectivity index (χ3v) is 12.4. The van der Waals surface area contributed by atoms with Gasteiger partial charge in [0.15, 0.2) is 6.61 Å². The lowest BCUT2D eigenvalue weighted by Crippen LogP contribution is -2.42. The second-order valence-corrected chi connectivity index (χ2v) is 14.5. The molecule has 2 aliphatic heterocycles. The molecule has 45 heavy (non-hydrogen) atoms. The Balaban J connectivity index is 1.14. The standard InChI is InChI=1S/C33H26ClN3O6S2/c34-15-6-11-22(43-14-23(39)35-16-7-9-18(38)10-8-16)19(12-15)24-25-20-13-21(28(25)44-30-29(24)45-33(42)36-30)27-26(20)31(40)37(32(27)41)17-4-2-1-3-5-17/h1-12,20-21,24-28,38H,13-14H2,(H,35,39)(H,36,42)/t20?,21?,24-,25?,26?,27?,28?/m1/s1. The molecule has 2 saturated carbocycles. The number of phenols is 1. The zero-order chi connectivity index (χ0) is 31.0. The number of carbonyl (C=O) groups is 3. The van der Waals surface area contributed by atoms with E-state index in [1.807, 2.05) is 24.3 Å². The first-order valence-corrected chi connectivity index (χ1v) is 16.7. The molecule has 3 heterocycles. The maximum absolute atomic E-state index is 14.0. The molecule has 12 heteroatoms. The van der Waals surface area contributed by atoms with Crippen LogP contribution in [0.15, 0.2) is 82.6 Å². The summed E-state index contributed by atoms with van der Waals surface area (Å²) in [4.78, 5) is 58.3. The number of aromatic amines is 1. The van der Waals surface area contributed by atoms with E-state index in [1.165, 1.54) is 17.0 Å². The van der Waals surface area contributed by atoms with Crippen LogP contribution in [0.3, 0.4) is 0 Å². The fourth-order valence-electron chi connectivity index (χ4n) is 7.98. The van der Waals surface area contributed by atoms with E-state index >= 15 is 0 Å². The Morgan fingerprint density at radius 2 is 1.73 bits per heavy atom. The number of halogens is 1. The van der Waals surface area contributed by atoms with Crippen molar-refractivity contribution in [2.24, 2.45) is 29.6 Å². The largest absolute Gasteiger partial charge is 0.508 e. The van der Waals surface area contributed by atoms with Crippen LogP contribution in [-0.4, -0.2) is 39.7 Å². The lowest BCUT2D eigenvalue weighted by atomic mass is 9.68. The Morgan fingerprint density at radius 1 is 1.00 bits per heavy atom. The van der Waals surface area contributed by atoms with E-state index < -0.39 is 11.8 Å². The van der Waals surface area contributed by atoms with Crippen LogP contribution in [0.25, 0.3) is 0 Å². The fraction of sp³-hybridized carbons (Fsp3) is 0.273. The van der Waals surface area contributed by atoms with Gasteiger partial charge in [0, 0.05) is 32.3 Å². The number of imide groups is 1. The Labute approximate surface area is 270 Å². The van der Waals surface area contributed by atoms with Crippen LogP contribution < -0.4 is 19.8 Å². The molecule has 0 spiro atoms. The van der Waals surface area contributed by atoms with Gasteiger partial charge in [-0.15, -0.1) is 11.8 Å². The number of phenolic OH excluding ortho intramolecular Hbond substituents is 1. The lowest BCUT2D eigenvalue weighted by molar-refractivity contribution is -0.123. The predicted octanol–water partition coefficient (Wildman–Crippen LogP) is 5.49. The minimum absolute atomic E-state index is 0.00361. The van der Waals surface area contributed by atoms with E-state index in [9.17, 15) is 24.3 Å². The molecule has 2 bridgehead atoms. The number of aromatic nitrogens is 1. The summed E-state index contributed by atoms with van der Waals surface area (Å²) in [5.41, 5.74) is 1.85. The summed E-state index contributed by atoms with van der Waals surface area (Å²) in [6.07, 6.45) is 0.749. The number of hydrogen-bond donors (Lipinski definition) is 3. The molecular weight excluding hydrogens is 634 g/mol. The third kappa shape index (κ3) is 4.59. The second kappa shape index (κ2) is 10.8. The van der Waals surface area contributed by atoms with Crippen molar-refractivity contribution in [3.8, 4) is 11.5 Å². The summed E-state index contributed by atoms with van der Waals surface area (Å²) in [7, 11) is 0. The quantitative estimate of drug-likeness (QED) is 0.184. The Hall–Kier alpha value is -4.06. The number of nitrogens with zero attached hydrogens (tertiary/aromatic N) is 1. The van der Waals surface area contributed by atoms with Gasteiger partial charge in [-0.3, -0.25) is 24.1 Å². The normalized spacial score (nSPS) is 27.7. The first kappa shape index (κ1) is 28.4. The van der Waals surface area contributed by atoms with Crippen LogP contribution in [-0.2, 0) is 14.4 Å². The number of ether oxygens (including phenoxy) is 1. The monoisotopic (exact) mass is 659 g/mol. The number of carbonyl (C=O) groups excluding carboxylic acids is 3. The summed E-state index contributed by atoms with van der Waals surface area (Å²) < 4.78 is 6.11. The predicted molar refractivity (Wildman–Crippen MR) is 171 cm³/mol. The highest BCUT2D eigenvalue weighted by atomic mass is 35.5. The highest BCUT2D eigenvalue weighted by molar-refractivity contribution is 8.00. The second-order valence-electron chi connectivity index (χ2n) is 11.9. The maximum Gasteiger partial charge on any atom is 0.305 e. The number of rotatable bonds is 6. The van der Waals surface area contributed by atoms with Gasteiger partial charge in [0.1, 0.15) is 11.5 Å². The average molecular weight is 660 g/mol. The van der Waals surface area contributed by atoms with Crippen LogP contribution in [0.2, 0.25) is 5.02 Å². The SMILES string of the molecule is O=C(COc1ccc(Cl)cc1[C@H]1c2sc(=O)[nH]c2SC2C3CC(C4C(=O)N(c5ccccc5)C(=O)C34)C21)Nc1ccc(O)cc1. The van der Waals surface area contributed by atoms with Crippen molar-refractivity contribution < 1.29 is 24.2 Å². The third-order valence-electron chi connectivity index (χ3n) is 9.56. The van der Waals surface area contributed by atoms with Gasteiger partial charge < -0.3 is 20.1 Å². The van der Waals surface area contributed by atoms with E-state index in [4.69, 9.17) is 16.3 Å². The number of H-pyrrole nitrogens is 1. The van der Waals surface area contributed by atoms with Crippen LogP contribution in [0, 0.1) is 29.6 Å². The average Bonchev–Trinajstić information content (AvgIpc) is 3.77. The van der Waals surface area contributed by atoms with E-state index in [2.05, 4.69) is 10.3 Å². The minimum Gasteiger partial charge on any atom is -0.508 e. The Morgan fingerprint density at radius 3 is 2.49 bits per heavy atom. The fourth-order valence-corrected chi connectivity index (χ4v) is 11.0. The van der Waals surface area contributed by atoms with Gasteiger partial charge in [-0.05, 0) is 78.8 Å². The van der Waals surface area contributed by atoms with E-state index in [-0.39, 0.29) is 63.9 Å². The summed E-state index contributed by atoms with van der Waals surface area (Å²) >= 11 is 9.31. The van der Waals surface area contributed by atoms with Crippen molar-refractivity contribution >= 4 is 63.8 Å². The molecule has 2 aliphatic carbocycles. The Bertz CT molecular complexity index is 1910. The summed E-state index contributed by atoms with van der Waals surface area (Å²) in [6.45, 7) is -0.281. The first-order chi connectivity index (χ1) is 21.8. The molecule has 4 aromatic rings. The molecule has 8 rings (SSSR count). The minimum atomic E-state index is -0.441. The first-order valence-electron chi connectivity index (χ1n) is 14.6. The highest BCUT2D eigenvalue weighted by Gasteiger charge is 2.69. The number of aromatic hydroxyl groups is 1. The number of amides is 3. The number of benzene rings is 3. The van der Waals surface area contributed by atoms with Crippen LogP contribution in [0.1, 0.15) is 22.8 Å². The zero-order valence-electron chi connectivity index (χ0n) is 23.5. The molecular formula is C33H26ClN3O6S2. The van der Waals surface area contributed by atoms with Gasteiger partial charge in [0.05, 0.1) is 22.5 Å². The van der Waals surface area contributed by atoms with E-state index in [1.54, 1.807) is 48.2 Å². The van der Waals surface area contributed by atoms with Gasteiger partial charge >= 0.3 is 4.87 Å². The number of para-hydroxylation sites is 1. The number of hydrogen-bond acceptors (Lipinski definition) is 8. The van der Waals surface area contributed by atoms with Crippen molar-refractivity contribution in [2.75, 3.05) is 16.8 Å². The van der Waals surface area contributed by atoms with Crippen LogP contribution >= 0.6 is 34.7 Å². The molecule has 228 valence electrons. The smallest absolute Gasteiger partial charge is 0.305 e. The van der Waals surface area contributed by atoms with Crippen molar-refractivity contribution in [3.05, 3.63) is 97.9 Å². The summed E-state index contributed by atoms with van der Waals surface area (Å²) in [6, 6.07) is 20.5. The number of anilines is 2. The van der Waals surface area contributed by atoms with E-state index in [0.29, 0.717) is 22.1 Å². The summed E-state index contributed by atoms with van der Waals surface area (Å²) in [5.74, 6) is -1.47. The summed E-state index contributed by atoms with van der Waals surface area (Å²) in [5, 5.41) is 13.5. The molecule has 0 radical (unpaired) electrons. The van der Waals surface area contributed by atoms with Crippen LogP contribution in [0.5, 0.6) is 11.5 Å².